The summed E-state index contributed by atoms with van der Waals surface area (Å²) in [6, 6.07) is 20.9. The van der Waals surface area contributed by atoms with Gasteiger partial charge < -0.3 is 0 Å². The average Bonchev–Trinajstić information content (AvgIpc) is 2.64. The van der Waals surface area contributed by atoms with Crippen molar-refractivity contribution in [1.82, 2.24) is 4.90 Å². The summed E-state index contributed by atoms with van der Waals surface area (Å²) in [6.07, 6.45) is 1.15. The number of hydrogen-bond acceptors (Lipinski definition) is 1. The van der Waals surface area contributed by atoms with Gasteiger partial charge in [0.05, 0.1) is 0 Å². The first-order valence-corrected chi connectivity index (χ1v) is 8.05. The third-order valence-electron chi connectivity index (χ3n) is 4.93. The van der Waals surface area contributed by atoms with Gasteiger partial charge in [-0.1, -0.05) is 61.5 Å². The third kappa shape index (κ3) is 2.89. The summed E-state index contributed by atoms with van der Waals surface area (Å²) in [7, 11) is 0. The highest BCUT2D eigenvalue weighted by molar-refractivity contribution is 5.32. The second-order valence-electron chi connectivity index (χ2n) is 6.44. The standard InChI is InChI=1S/C20H25N/c1-15-14-21(17(3)18-9-5-4-6-10-18)16(2)13-19-11-7-8-12-20(15)19/h4-12,15-17H,13-14H2,1-3H3/t15-,16+,17+/m0/s1. The largest absolute Gasteiger partial charge is 0.293 e. The van der Waals surface area contributed by atoms with Crippen molar-refractivity contribution < 1.29 is 0 Å². The van der Waals surface area contributed by atoms with Crippen LogP contribution in [0.5, 0.6) is 0 Å². The van der Waals surface area contributed by atoms with Gasteiger partial charge >= 0.3 is 0 Å². The molecule has 1 nitrogen and oxygen atoms in total. The molecule has 1 heterocycles. The van der Waals surface area contributed by atoms with Crippen molar-refractivity contribution in [2.24, 2.45) is 0 Å². The summed E-state index contributed by atoms with van der Waals surface area (Å²) in [6.45, 7) is 8.21. The zero-order valence-corrected chi connectivity index (χ0v) is 13.3. The van der Waals surface area contributed by atoms with E-state index in [-0.39, 0.29) is 0 Å². The lowest BCUT2D eigenvalue weighted by atomic mass is 9.95. The van der Waals surface area contributed by atoms with Crippen molar-refractivity contribution in [3.05, 3.63) is 71.3 Å². The zero-order valence-electron chi connectivity index (χ0n) is 13.3. The molecule has 0 radical (unpaired) electrons. The van der Waals surface area contributed by atoms with Crippen molar-refractivity contribution >= 4 is 0 Å². The van der Waals surface area contributed by atoms with Crippen LogP contribution in [0, 0.1) is 0 Å². The van der Waals surface area contributed by atoms with E-state index < -0.39 is 0 Å². The molecule has 3 rings (SSSR count). The molecule has 21 heavy (non-hydrogen) atoms. The van der Waals surface area contributed by atoms with Gasteiger partial charge in [-0.05, 0) is 42.9 Å². The van der Waals surface area contributed by atoms with Gasteiger partial charge in [0.25, 0.3) is 0 Å². The van der Waals surface area contributed by atoms with Gasteiger partial charge in [-0.15, -0.1) is 0 Å². The molecule has 110 valence electrons. The average molecular weight is 279 g/mol. The summed E-state index contributed by atoms with van der Waals surface area (Å²) in [4.78, 5) is 2.67. The highest BCUT2D eigenvalue weighted by Gasteiger charge is 2.28. The molecular weight excluding hydrogens is 254 g/mol. The molecule has 0 fully saturated rings. The highest BCUT2D eigenvalue weighted by atomic mass is 15.2. The Labute approximate surface area is 128 Å². The molecule has 0 aromatic heterocycles. The summed E-state index contributed by atoms with van der Waals surface area (Å²) in [5.74, 6) is 0.595. The van der Waals surface area contributed by atoms with Crippen molar-refractivity contribution in [2.75, 3.05) is 6.54 Å². The maximum Gasteiger partial charge on any atom is 0.0323 e. The molecule has 0 bridgehead atoms. The fourth-order valence-electron chi connectivity index (χ4n) is 3.69. The molecule has 1 heteroatoms. The van der Waals surface area contributed by atoms with Crippen LogP contribution in [-0.4, -0.2) is 17.5 Å². The van der Waals surface area contributed by atoms with Gasteiger partial charge in [0.2, 0.25) is 0 Å². The normalized spacial score (nSPS) is 24.1. The molecule has 0 N–H and O–H groups in total. The van der Waals surface area contributed by atoms with Crippen molar-refractivity contribution in [2.45, 2.75) is 45.2 Å². The van der Waals surface area contributed by atoms with Crippen LogP contribution in [-0.2, 0) is 6.42 Å². The second-order valence-corrected chi connectivity index (χ2v) is 6.44. The van der Waals surface area contributed by atoms with Crippen LogP contribution in [0.1, 0.15) is 49.4 Å². The van der Waals surface area contributed by atoms with Crippen LogP contribution in [0.2, 0.25) is 0 Å². The first-order chi connectivity index (χ1) is 10.2. The van der Waals surface area contributed by atoms with Gasteiger partial charge in [0.15, 0.2) is 0 Å². The predicted molar refractivity (Wildman–Crippen MR) is 89.6 cm³/mol. The number of rotatable bonds is 2. The molecule has 0 unspecified atom stereocenters. The molecule has 0 aliphatic carbocycles. The van der Waals surface area contributed by atoms with Crippen LogP contribution >= 0.6 is 0 Å². The van der Waals surface area contributed by atoms with Gasteiger partial charge in [0, 0.05) is 18.6 Å². The fraction of sp³-hybridized carbons (Fsp3) is 0.400. The summed E-state index contributed by atoms with van der Waals surface area (Å²) in [5.41, 5.74) is 4.48. The maximum atomic E-state index is 2.67. The van der Waals surface area contributed by atoms with Crippen LogP contribution in [0.3, 0.4) is 0 Å². The fourth-order valence-corrected chi connectivity index (χ4v) is 3.69. The topological polar surface area (TPSA) is 3.24 Å². The first-order valence-electron chi connectivity index (χ1n) is 8.05. The van der Waals surface area contributed by atoms with Crippen LogP contribution < -0.4 is 0 Å². The molecule has 3 atom stereocenters. The van der Waals surface area contributed by atoms with E-state index in [2.05, 4.69) is 80.3 Å². The Morgan fingerprint density at radius 1 is 0.952 bits per heavy atom. The Kier molecular flexibility index (Phi) is 4.12. The minimum atomic E-state index is 0.470. The van der Waals surface area contributed by atoms with Crippen LogP contribution in [0.25, 0.3) is 0 Å². The van der Waals surface area contributed by atoms with Crippen LogP contribution in [0.15, 0.2) is 54.6 Å². The van der Waals surface area contributed by atoms with E-state index in [9.17, 15) is 0 Å². The number of fused-ring (bicyclic) bond motifs is 1. The van der Waals surface area contributed by atoms with Crippen molar-refractivity contribution in [1.29, 1.82) is 0 Å². The van der Waals surface area contributed by atoms with E-state index in [1.54, 1.807) is 0 Å². The quantitative estimate of drug-likeness (QED) is 0.763. The molecule has 0 saturated carbocycles. The monoisotopic (exact) mass is 279 g/mol. The van der Waals surface area contributed by atoms with E-state index in [4.69, 9.17) is 0 Å². The molecular formula is C20H25N. The van der Waals surface area contributed by atoms with Gasteiger partial charge in [0.1, 0.15) is 0 Å². The first kappa shape index (κ1) is 14.3. The Hall–Kier alpha value is -1.60. The summed E-state index contributed by atoms with van der Waals surface area (Å²) in [5, 5.41) is 0. The Morgan fingerprint density at radius 3 is 2.38 bits per heavy atom. The molecule has 0 amide bonds. The van der Waals surface area contributed by atoms with Gasteiger partial charge in [-0.2, -0.15) is 0 Å². The number of benzene rings is 2. The summed E-state index contributed by atoms with van der Waals surface area (Å²) >= 11 is 0. The second kappa shape index (κ2) is 6.03. The zero-order chi connectivity index (χ0) is 14.8. The molecule has 2 aromatic rings. The van der Waals surface area contributed by atoms with Crippen LogP contribution in [0.4, 0.5) is 0 Å². The van der Waals surface area contributed by atoms with E-state index in [1.807, 2.05) is 0 Å². The lowest BCUT2D eigenvalue weighted by molar-refractivity contribution is 0.151. The molecule has 1 aliphatic rings. The van der Waals surface area contributed by atoms with E-state index >= 15 is 0 Å². The van der Waals surface area contributed by atoms with Gasteiger partial charge in [-0.3, -0.25) is 4.90 Å². The minimum Gasteiger partial charge on any atom is -0.293 e. The maximum absolute atomic E-state index is 2.67. The lowest BCUT2D eigenvalue weighted by Gasteiger charge is -2.34. The molecule has 0 spiro atoms. The molecule has 2 aromatic carbocycles. The lowest BCUT2D eigenvalue weighted by Crippen LogP contribution is -2.37. The predicted octanol–water partition coefficient (Wildman–Crippen LogP) is 4.80. The molecule has 1 aliphatic heterocycles. The van der Waals surface area contributed by atoms with Crippen molar-refractivity contribution in [3.8, 4) is 0 Å². The third-order valence-corrected chi connectivity index (χ3v) is 4.93. The van der Waals surface area contributed by atoms with E-state index in [0.717, 1.165) is 13.0 Å². The van der Waals surface area contributed by atoms with E-state index in [0.29, 0.717) is 18.0 Å². The van der Waals surface area contributed by atoms with E-state index in [1.165, 1.54) is 16.7 Å². The number of nitrogens with zero attached hydrogens (tertiary/aromatic N) is 1. The smallest absolute Gasteiger partial charge is 0.0323 e. The Bertz CT molecular complexity index is 590. The molecule has 0 saturated heterocycles. The highest BCUT2D eigenvalue weighted by Crippen LogP contribution is 2.32. The summed E-state index contributed by atoms with van der Waals surface area (Å²) < 4.78 is 0. The van der Waals surface area contributed by atoms with Crippen molar-refractivity contribution in [3.63, 3.8) is 0 Å². The Balaban J connectivity index is 1.88. The Morgan fingerprint density at radius 2 is 1.62 bits per heavy atom. The minimum absolute atomic E-state index is 0.470. The van der Waals surface area contributed by atoms with Gasteiger partial charge in [-0.25, -0.2) is 0 Å². The number of hydrogen-bond donors (Lipinski definition) is 0. The SMILES string of the molecule is C[C@@H]1Cc2ccccc2[C@@H](C)CN1[C@H](C)c1ccccc1.